The lowest BCUT2D eigenvalue weighted by Gasteiger charge is -2.41. The molecule has 0 unspecified atom stereocenters. The topological polar surface area (TPSA) is 46.2 Å². The number of hydrogen-bond acceptors (Lipinski definition) is 2. The highest BCUT2D eigenvalue weighted by molar-refractivity contribution is 6.98. The zero-order chi connectivity index (χ0) is 21.2. The Kier molecular flexibility index (Phi) is 5.61. The van der Waals surface area contributed by atoms with Crippen molar-refractivity contribution in [1.82, 2.24) is 0 Å². The molecule has 0 aliphatic rings. The molecule has 0 saturated carbocycles. The van der Waals surface area contributed by atoms with Crippen molar-refractivity contribution >= 4 is 29.5 Å². The van der Waals surface area contributed by atoms with E-state index in [4.69, 9.17) is 5.73 Å². The molecule has 4 aromatic carbocycles. The largest absolute Gasteiger partial charge is 0.424 e. The monoisotopic (exact) mass is 411 g/mol. The summed E-state index contributed by atoms with van der Waals surface area (Å²) in [6.45, 7) is 4.95. The molecule has 0 saturated heterocycles. The molecule has 2 nitrogen and oxygen atoms in total. The van der Waals surface area contributed by atoms with Crippen molar-refractivity contribution in [2.75, 3.05) is 0 Å². The van der Waals surface area contributed by atoms with Gasteiger partial charge in [-0.15, -0.1) is 0 Å². The maximum atomic E-state index is 12.4. The molecule has 3 N–H and O–H groups in total. The van der Waals surface area contributed by atoms with Crippen LogP contribution in [0.25, 0.3) is 10.8 Å². The quantitative estimate of drug-likeness (QED) is 0.463. The lowest BCUT2D eigenvalue weighted by molar-refractivity contribution is 0.485. The van der Waals surface area contributed by atoms with E-state index in [-0.39, 0.29) is 5.04 Å². The first-order chi connectivity index (χ1) is 14.5. The van der Waals surface area contributed by atoms with Crippen molar-refractivity contribution in [3.8, 4) is 0 Å². The molecule has 4 rings (SSSR count). The standard InChI is InChI=1S/C27H29NOSi/c1-27(2,19-21-11-9-18-26-22(20-28)12-10-17-25(21)26)30(29,23-13-5-3-6-14-23)24-15-7-4-8-16-24/h3-18,29H,19-20,28H2,1-2H3. The number of nitrogens with two attached hydrogens (primary N) is 1. The second-order valence-electron chi connectivity index (χ2n) is 8.64. The van der Waals surface area contributed by atoms with Crippen molar-refractivity contribution in [3.63, 3.8) is 0 Å². The van der Waals surface area contributed by atoms with Gasteiger partial charge in [0.1, 0.15) is 0 Å². The minimum Gasteiger partial charge on any atom is -0.424 e. The summed E-state index contributed by atoms with van der Waals surface area (Å²) in [5.74, 6) is 0. The van der Waals surface area contributed by atoms with Gasteiger partial charge in [-0.05, 0) is 43.7 Å². The molecule has 152 valence electrons. The Balaban J connectivity index is 1.86. The van der Waals surface area contributed by atoms with E-state index in [1.54, 1.807) is 0 Å². The van der Waals surface area contributed by atoms with Gasteiger partial charge < -0.3 is 10.5 Å². The molecule has 0 radical (unpaired) electrons. The van der Waals surface area contributed by atoms with Crippen LogP contribution in [0.2, 0.25) is 5.04 Å². The fraction of sp³-hybridized carbons (Fsp3) is 0.185. The Morgan fingerprint density at radius 3 is 1.63 bits per heavy atom. The summed E-state index contributed by atoms with van der Waals surface area (Å²) >= 11 is 0. The van der Waals surface area contributed by atoms with E-state index < -0.39 is 8.32 Å². The van der Waals surface area contributed by atoms with E-state index in [1.807, 2.05) is 36.4 Å². The van der Waals surface area contributed by atoms with Crippen LogP contribution >= 0.6 is 0 Å². The molecular formula is C27H29NOSi. The highest BCUT2D eigenvalue weighted by atomic mass is 28.4. The molecule has 0 bridgehead atoms. The first kappa shape index (κ1) is 20.5. The van der Waals surface area contributed by atoms with Crippen molar-refractivity contribution in [2.24, 2.45) is 5.73 Å². The van der Waals surface area contributed by atoms with Crippen LogP contribution in [-0.2, 0) is 13.0 Å². The van der Waals surface area contributed by atoms with Crippen LogP contribution < -0.4 is 16.1 Å². The molecule has 0 amide bonds. The first-order valence-corrected chi connectivity index (χ1v) is 12.4. The van der Waals surface area contributed by atoms with Crippen LogP contribution in [0.1, 0.15) is 25.0 Å². The third-order valence-electron chi connectivity index (χ3n) is 6.32. The smallest absolute Gasteiger partial charge is 0.258 e. The van der Waals surface area contributed by atoms with Crippen LogP contribution in [0.15, 0.2) is 97.1 Å². The number of fused-ring (bicyclic) bond motifs is 1. The molecule has 0 aliphatic heterocycles. The first-order valence-electron chi connectivity index (χ1n) is 10.5. The Labute approximate surface area is 180 Å². The fourth-order valence-corrected chi connectivity index (χ4v) is 8.38. The van der Waals surface area contributed by atoms with Crippen molar-refractivity contribution in [1.29, 1.82) is 0 Å². The van der Waals surface area contributed by atoms with Crippen LogP contribution in [0.5, 0.6) is 0 Å². The van der Waals surface area contributed by atoms with E-state index in [1.165, 1.54) is 16.3 Å². The summed E-state index contributed by atoms with van der Waals surface area (Å²) in [7, 11) is -3.05. The third-order valence-corrected chi connectivity index (χ3v) is 10.8. The van der Waals surface area contributed by atoms with Gasteiger partial charge in [0.05, 0.1) is 0 Å². The second-order valence-corrected chi connectivity index (χ2v) is 12.6. The van der Waals surface area contributed by atoms with Gasteiger partial charge in [0, 0.05) is 6.54 Å². The zero-order valence-corrected chi connectivity index (χ0v) is 18.7. The molecule has 0 atom stereocenters. The lowest BCUT2D eigenvalue weighted by atomic mass is 9.94. The molecule has 0 heterocycles. The van der Waals surface area contributed by atoms with E-state index in [0.29, 0.717) is 6.54 Å². The summed E-state index contributed by atoms with van der Waals surface area (Å²) in [5, 5.41) is 4.19. The average molecular weight is 412 g/mol. The lowest BCUT2D eigenvalue weighted by Crippen LogP contribution is -2.65. The highest BCUT2D eigenvalue weighted by Crippen LogP contribution is 2.40. The number of rotatable bonds is 6. The maximum Gasteiger partial charge on any atom is 0.258 e. The third kappa shape index (κ3) is 3.50. The molecule has 4 aromatic rings. The summed E-state index contributed by atoms with van der Waals surface area (Å²) < 4.78 is 0. The summed E-state index contributed by atoms with van der Waals surface area (Å²) in [4.78, 5) is 12.4. The predicted molar refractivity (Wildman–Crippen MR) is 130 cm³/mol. The summed E-state index contributed by atoms with van der Waals surface area (Å²) in [6.07, 6.45) is 0.783. The van der Waals surface area contributed by atoms with Crippen LogP contribution in [0.4, 0.5) is 0 Å². The summed E-state index contributed by atoms with van der Waals surface area (Å²) in [5.41, 5.74) is 8.39. The van der Waals surface area contributed by atoms with Gasteiger partial charge in [-0.25, -0.2) is 0 Å². The molecule has 30 heavy (non-hydrogen) atoms. The molecule has 0 aliphatic carbocycles. The zero-order valence-electron chi connectivity index (χ0n) is 17.7. The van der Waals surface area contributed by atoms with Crippen molar-refractivity contribution < 1.29 is 4.80 Å². The molecular weight excluding hydrogens is 382 g/mol. The molecule has 0 spiro atoms. The van der Waals surface area contributed by atoms with Crippen LogP contribution in [-0.4, -0.2) is 13.1 Å². The minimum atomic E-state index is -3.05. The van der Waals surface area contributed by atoms with Gasteiger partial charge >= 0.3 is 0 Å². The Bertz CT molecular complexity index is 1100. The van der Waals surface area contributed by atoms with Gasteiger partial charge in [-0.2, -0.15) is 0 Å². The molecule has 0 aromatic heterocycles. The van der Waals surface area contributed by atoms with Gasteiger partial charge in [0.2, 0.25) is 0 Å². The minimum absolute atomic E-state index is 0.331. The Morgan fingerprint density at radius 2 is 1.13 bits per heavy atom. The van der Waals surface area contributed by atoms with Gasteiger partial charge in [-0.3, -0.25) is 0 Å². The fourth-order valence-electron chi connectivity index (χ4n) is 4.68. The van der Waals surface area contributed by atoms with Crippen LogP contribution in [0, 0.1) is 0 Å². The Morgan fingerprint density at radius 1 is 0.667 bits per heavy atom. The predicted octanol–water partition coefficient (Wildman–Crippen LogP) is 4.37. The Hall–Kier alpha value is -2.72. The normalized spacial score (nSPS) is 12.3. The molecule has 0 fully saturated rings. The number of hydrogen-bond donors (Lipinski definition) is 2. The average Bonchev–Trinajstić information content (AvgIpc) is 2.79. The maximum absolute atomic E-state index is 12.4. The van der Waals surface area contributed by atoms with Gasteiger partial charge in [-0.1, -0.05) is 111 Å². The van der Waals surface area contributed by atoms with E-state index in [2.05, 4.69) is 74.5 Å². The van der Waals surface area contributed by atoms with Gasteiger partial charge in [0.25, 0.3) is 8.32 Å². The SMILES string of the molecule is CC(C)(Cc1cccc2c(CN)cccc12)[Si](O)(c1ccccc1)c1ccccc1. The van der Waals surface area contributed by atoms with E-state index >= 15 is 0 Å². The van der Waals surface area contributed by atoms with E-state index in [0.717, 1.165) is 22.4 Å². The van der Waals surface area contributed by atoms with E-state index in [9.17, 15) is 4.80 Å². The van der Waals surface area contributed by atoms with Crippen LogP contribution in [0.3, 0.4) is 0 Å². The second kappa shape index (κ2) is 8.19. The highest BCUT2D eigenvalue weighted by Gasteiger charge is 2.49. The molecule has 3 heteroatoms. The number of benzene rings is 4. The van der Waals surface area contributed by atoms with Crippen molar-refractivity contribution in [3.05, 3.63) is 108 Å². The van der Waals surface area contributed by atoms with Crippen molar-refractivity contribution in [2.45, 2.75) is 31.9 Å². The van der Waals surface area contributed by atoms with Gasteiger partial charge in [0.15, 0.2) is 0 Å². The summed E-state index contributed by atoms with van der Waals surface area (Å²) in [6, 6.07) is 33.2.